The van der Waals surface area contributed by atoms with Crippen molar-refractivity contribution in [2.75, 3.05) is 0 Å². The van der Waals surface area contributed by atoms with Gasteiger partial charge in [-0.05, 0) is 36.4 Å². The van der Waals surface area contributed by atoms with Crippen molar-refractivity contribution < 1.29 is 21.1 Å². The Morgan fingerprint density at radius 2 is 0.627 bits per heavy atom. The van der Waals surface area contributed by atoms with E-state index in [0.29, 0.717) is 0 Å². The molecule has 0 aliphatic carbocycles. The van der Waals surface area contributed by atoms with Crippen LogP contribution in [0.25, 0.3) is 22.6 Å². The maximum atomic E-state index is 6.69. The average molecular weight is 833 g/mol. The van der Waals surface area contributed by atoms with Gasteiger partial charge in [-0.15, -0.1) is 70.8 Å². The van der Waals surface area contributed by atoms with Gasteiger partial charge in [-0.2, -0.15) is 0 Å². The van der Waals surface area contributed by atoms with Crippen molar-refractivity contribution in [2.45, 2.75) is 0 Å². The van der Waals surface area contributed by atoms with Gasteiger partial charge in [-0.3, -0.25) is 38.6 Å². The van der Waals surface area contributed by atoms with Crippen LogP contribution in [0.15, 0.2) is 188 Å². The molecule has 0 radical (unpaired) electrons. The van der Waals surface area contributed by atoms with Gasteiger partial charge in [0.25, 0.3) is 0 Å². The summed E-state index contributed by atoms with van der Waals surface area (Å²) < 4.78 is 0. The third-order valence-electron chi connectivity index (χ3n) is 6.33. The molecule has 0 bridgehead atoms. The minimum Gasteiger partial charge on any atom is -0.366 e. The van der Waals surface area contributed by atoms with Crippen molar-refractivity contribution in [3.8, 4) is 46.3 Å². The predicted octanol–water partition coefficient (Wildman–Crippen LogP) is 9.70. The van der Waals surface area contributed by atoms with E-state index in [2.05, 4.69) is 38.6 Å². The molecule has 7 aromatic rings. The smallest absolute Gasteiger partial charge is 0.366 e. The second kappa shape index (κ2) is 25.3. The topological polar surface area (TPSA) is 38.7 Å². The first kappa shape index (κ1) is 40.4. The van der Waals surface area contributed by atoms with Crippen LogP contribution in [0.4, 0.5) is 0 Å². The molecule has 51 heavy (non-hydrogen) atoms. The summed E-state index contributed by atoms with van der Waals surface area (Å²) in [5.41, 5.74) is 6.93. The van der Waals surface area contributed by atoms with Gasteiger partial charge in [0.1, 0.15) is 0 Å². The Bertz CT molecular complexity index is 1850. The van der Waals surface area contributed by atoms with Crippen LogP contribution in [0, 0.1) is 49.4 Å². The molecule has 0 spiro atoms. The minimum absolute atomic E-state index is 0. The van der Waals surface area contributed by atoms with E-state index in [1.54, 1.807) is 18.6 Å². The van der Waals surface area contributed by atoms with Gasteiger partial charge in [-0.1, -0.05) is 84.9 Å². The first-order valence-corrected chi connectivity index (χ1v) is 15.4. The van der Waals surface area contributed by atoms with E-state index in [9.17, 15) is 0 Å². The maximum Gasteiger partial charge on any atom is 4.00 e. The summed E-state index contributed by atoms with van der Waals surface area (Å²) in [6, 6.07) is 53.1. The first-order chi connectivity index (χ1) is 24.7. The Kier molecular flexibility index (Phi) is 20.1. The van der Waals surface area contributed by atoms with Crippen LogP contribution in [0.2, 0.25) is 0 Å². The Balaban J connectivity index is 0.000000234. The third kappa shape index (κ3) is 15.8. The summed E-state index contributed by atoms with van der Waals surface area (Å²) in [7, 11) is 0. The number of pyridine rings is 3. The van der Waals surface area contributed by atoms with Crippen molar-refractivity contribution in [1.82, 2.24) is 15.0 Å². The SMILES string of the molecule is [C-]#Cc1ccccc1.[C-]#Cc1ccccc1.[C-]#Cc1ccccc1.[C-]#Cc1ccccc1.[Pt+4].c1ccc(-c2cccnc2-c2ccccn2)nc1. The molecule has 0 N–H and O–H groups in total. The molecule has 4 heteroatoms. The van der Waals surface area contributed by atoms with Crippen LogP contribution < -0.4 is 0 Å². The molecule has 0 aliphatic rings. The van der Waals surface area contributed by atoms with Gasteiger partial charge >= 0.3 is 21.1 Å². The second-order valence-corrected chi connectivity index (χ2v) is 9.79. The Morgan fingerprint density at radius 1 is 0.314 bits per heavy atom. The fraction of sp³-hybridized carbons (Fsp3) is 0. The minimum atomic E-state index is 0. The molecular formula is C47H31N3Pt. The van der Waals surface area contributed by atoms with Crippen molar-refractivity contribution in [2.24, 2.45) is 0 Å². The van der Waals surface area contributed by atoms with E-state index in [1.807, 2.05) is 170 Å². The van der Waals surface area contributed by atoms with Crippen LogP contribution in [0.3, 0.4) is 0 Å². The van der Waals surface area contributed by atoms with Crippen LogP contribution in [0.1, 0.15) is 22.3 Å². The number of aromatic nitrogens is 3. The second-order valence-electron chi connectivity index (χ2n) is 9.79. The normalized spacial score (nSPS) is 8.55. The van der Waals surface area contributed by atoms with Crippen molar-refractivity contribution in [3.63, 3.8) is 0 Å². The Hall–Kier alpha value is -6.74. The van der Waals surface area contributed by atoms with Crippen molar-refractivity contribution >= 4 is 0 Å². The molecule has 0 aliphatic heterocycles. The molecular weight excluding hydrogens is 802 g/mol. The fourth-order valence-electron chi connectivity index (χ4n) is 3.93. The summed E-state index contributed by atoms with van der Waals surface area (Å²) in [4.78, 5) is 13.1. The van der Waals surface area contributed by atoms with E-state index in [4.69, 9.17) is 25.7 Å². The predicted molar refractivity (Wildman–Crippen MR) is 201 cm³/mol. The van der Waals surface area contributed by atoms with Crippen LogP contribution in [0.5, 0.6) is 0 Å². The van der Waals surface area contributed by atoms with E-state index in [0.717, 1.165) is 44.9 Å². The molecule has 7 rings (SSSR count). The molecule has 3 aromatic heterocycles. The standard InChI is InChI=1S/C15H11N3.4C8H5.Pt/c1-3-9-16-13(7-1)12-6-5-11-18-15(12)14-8-2-4-10-17-14;4*1-2-8-6-4-3-5-7-8;/h1-11H;4*3-7H;/q;4*-1;+4. The summed E-state index contributed by atoms with van der Waals surface area (Å²) in [5, 5.41) is 0. The third-order valence-corrected chi connectivity index (χ3v) is 6.33. The van der Waals surface area contributed by atoms with Gasteiger partial charge in [0, 0.05) is 24.2 Å². The maximum absolute atomic E-state index is 6.69. The van der Waals surface area contributed by atoms with Crippen molar-refractivity contribution in [3.05, 3.63) is 236 Å². The zero-order valence-corrected chi connectivity index (χ0v) is 29.8. The van der Waals surface area contributed by atoms with Gasteiger partial charge in [0.2, 0.25) is 0 Å². The first-order valence-electron chi connectivity index (χ1n) is 15.4. The molecule has 0 fully saturated rings. The van der Waals surface area contributed by atoms with E-state index in [1.165, 1.54) is 0 Å². The molecule has 4 aromatic carbocycles. The largest absolute Gasteiger partial charge is 4.00 e. The number of rotatable bonds is 2. The van der Waals surface area contributed by atoms with E-state index < -0.39 is 0 Å². The van der Waals surface area contributed by atoms with Gasteiger partial charge < -0.3 is 25.7 Å². The molecule has 0 unspecified atom stereocenters. The quantitative estimate of drug-likeness (QED) is 0.129. The zero-order valence-electron chi connectivity index (χ0n) is 27.6. The van der Waals surface area contributed by atoms with Gasteiger partial charge in [0.15, 0.2) is 0 Å². The summed E-state index contributed by atoms with van der Waals surface area (Å²) in [6.07, 6.45) is 32.1. The van der Waals surface area contributed by atoms with Gasteiger partial charge in [0.05, 0.1) is 17.1 Å². The van der Waals surface area contributed by atoms with E-state index in [-0.39, 0.29) is 21.1 Å². The van der Waals surface area contributed by atoms with Gasteiger partial charge in [-0.25, -0.2) is 0 Å². The Labute approximate surface area is 317 Å². The molecule has 0 saturated heterocycles. The molecule has 3 nitrogen and oxygen atoms in total. The Morgan fingerprint density at radius 3 is 0.922 bits per heavy atom. The molecule has 244 valence electrons. The number of benzene rings is 4. The van der Waals surface area contributed by atoms with Crippen LogP contribution >= 0.6 is 0 Å². The fourth-order valence-corrected chi connectivity index (χ4v) is 3.93. The monoisotopic (exact) mass is 832 g/mol. The molecule has 0 saturated carbocycles. The van der Waals surface area contributed by atoms with Crippen LogP contribution in [-0.4, -0.2) is 15.0 Å². The summed E-state index contributed by atoms with van der Waals surface area (Å²) in [5.74, 6) is 9.11. The number of hydrogen-bond donors (Lipinski definition) is 0. The summed E-state index contributed by atoms with van der Waals surface area (Å²) in [6.45, 7) is 0. The number of hydrogen-bond acceptors (Lipinski definition) is 3. The molecule has 3 heterocycles. The summed E-state index contributed by atoms with van der Waals surface area (Å²) >= 11 is 0. The molecule has 0 atom stereocenters. The zero-order chi connectivity index (χ0) is 35.5. The van der Waals surface area contributed by atoms with Crippen LogP contribution in [-0.2, 0) is 21.1 Å². The van der Waals surface area contributed by atoms with Crippen molar-refractivity contribution in [1.29, 1.82) is 0 Å². The van der Waals surface area contributed by atoms with E-state index >= 15 is 0 Å². The number of nitrogens with zero attached hydrogens (tertiary/aromatic N) is 3. The molecule has 0 amide bonds. The average Bonchev–Trinajstić information content (AvgIpc) is 3.23.